The lowest BCUT2D eigenvalue weighted by Crippen LogP contribution is -2.28. The summed E-state index contributed by atoms with van der Waals surface area (Å²) in [4.78, 5) is 23.3. The molecule has 0 aliphatic rings. The highest BCUT2D eigenvalue weighted by Gasteiger charge is 2.15. The Hall–Kier alpha value is -2.96. The highest BCUT2D eigenvalue weighted by atomic mass is 19.1. The van der Waals surface area contributed by atoms with Crippen LogP contribution in [0.1, 0.15) is 15.9 Å². The molecule has 0 aliphatic heterocycles. The molecule has 7 heteroatoms. The van der Waals surface area contributed by atoms with E-state index in [4.69, 9.17) is 9.47 Å². The fourth-order valence-electron chi connectivity index (χ4n) is 1.90. The maximum atomic E-state index is 13.4. The van der Waals surface area contributed by atoms with Crippen LogP contribution >= 0.6 is 0 Å². The Bertz CT molecular complexity index is 749. The van der Waals surface area contributed by atoms with Crippen molar-refractivity contribution in [3.63, 3.8) is 0 Å². The van der Waals surface area contributed by atoms with Gasteiger partial charge in [-0.25, -0.2) is 13.6 Å². The second kappa shape index (κ2) is 8.05. The molecule has 1 N–H and O–H groups in total. The number of amides is 1. The Morgan fingerprint density at radius 2 is 1.92 bits per heavy atom. The molecule has 0 fully saturated rings. The monoisotopic (exact) mass is 335 g/mol. The molecule has 2 aromatic rings. The van der Waals surface area contributed by atoms with Gasteiger partial charge in [0.1, 0.15) is 17.4 Å². The van der Waals surface area contributed by atoms with Gasteiger partial charge >= 0.3 is 5.97 Å². The molecule has 0 aliphatic carbocycles. The molecular formula is C17H15F2NO4. The van der Waals surface area contributed by atoms with Crippen molar-refractivity contribution in [3.05, 3.63) is 65.2 Å². The smallest absolute Gasteiger partial charge is 0.341 e. The third kappa shape index (κ3) is 4.77. The van der Waals surface area contributed by atoms with E-state index in [0.29, 0.717) is 11.8 Å². The zero-order valence-electron chi connectivity index (χ0n) is 12.8. The van der Waals surface area contributed by atoms with Crippen LogP contribution in [0.4, 0.5) is 8.78 Å². The first kappa shape index (κ1) is 17.4. The molecule has 0 unspecified atom stereocenters. The first-order valence-electron chi connectivity index (χ1n) is 7.01. The maximum absolute atomic E-state index is 13.4. The summed E-state index contributed by atoms with van der Waals surface area (Å²) < 4.78 is 36.0. The van der Waals surface area contributed by atoms with Crippen molar-refractivity contribution in [3.8, 4) is 5.75 Å². The zero-order chi connectivity index (χ0) is 17.5. The first-order valence-corrected chi connectivity index (χ1v) is 7.01. The average Bonchev–Trinajstić information content (AvgIpc) is 2.58. The highest BCUT2D eigenvalue weighted by molar-refractivity contribution is 5.91. The van der Waals surface area contributed by atoms with Crippen molar-refractivity contribution in [2.24, 2.45) is 0 Å². The second-order valence-corrected chi connectivity index (χ2v) is 4.83. The molecule has 0 atom stereocenters. The third-order valence-corrected chi connectivity index (χ3v) is 3.11. The van der Waals surface area contributed by atoms with Gasteiger partial charge in [0.05, 0.1) is 12.7 Å². The molecule has 0 radical (unpaired) electrons. The van der Waals surface area contributed by atoms with Crippen LogP contribution in [0.15, 0.2) is 42.5 Å². The van der Waals surface area contributed by atoms with Gasteiger partial charge in [0, 0.05) is 12.6 Å². The summed E-state index contributed by atoms with van der Waals surface area (Å²) in [5, 5.41) is 2.56. The number of rotatable bonds is 6. The Balaban J connectivity index is 1.83. The van der Waals surface area contributed by atoms with E-state index in [1.54, 1.807) is 24.3 Å². The third-order valence-electron chi connectivity index (χ3n) is 3.11. The normalized spacial score (nSPS) is 10.1. The number of halogens is 2. The molecule has 0 saturated heterocycles. The van der Waals surface area contributed by atoms with Crippen molar-refractivity contribution in [2.45, 2.75) is 6.54 Å². The summed E-state index contributed by atoms with van der Waals surface area (Å²) >= 11 is 0. The molecule has 0 heterocycles. The number of hydrogen-bond donors (Lipinski definition) is 1. The largest absolute Gasteiger partial charge is 0.497 e. The van der Waals surface area contributed by atoms with Crippen LogP contribution in [-0.2, 0) is 16.1 Å². The number of carbonyl (C=O) groups excluding carboxylic acids is 2. The molecule has 0 spiro atoms. The Morgan fingerprint density at radius 1 is 1.12 bits per heavy atom. The van der Waals surface area contributed by atoms with Crippen LogP contribution in [0.25, 0.3) is 0 Å². The lowest BCUT2D eigenvalue weighted by molar-refractivity contribution is -0.124. The van der Waals surface area contributed by atoms with Crippen molar-refractivity contribution in [1.82, 2.24) is 5.32 Å². The van der Waals surface area contributed by atoms with Gasteiger partial charge in [-0.3, -0.25) is 4.79 Å². The number of nitrogens with one attached hydrogen (secondary N) is 1. The zero-order valence-corrected chi connectivity index (χ0v) is 12.8. The van der Waals surface area contributed by atoms with E-state index >= 15 is 0 Å². The van der Waals surface area contributed by atoms with Gasteiger partial charge in [-0.15, -0.1) is 0 Å². The maximum Gasteiger partial charge on any atom is 0.341 e. The molecule has 1 amide bonds. The molecular weight excluding hydrogens is 320 g/mol. The second-order valence-electron chi connectivity index (χ2n) is 4.83. The topological polar surface area (TPSA) is 64.6 Å². The predicted molar refractivity (Wildman–Crippen MR) is 81.5 cm³/mol. The van der Waals surface area contributed by atoms with Crippen LogP contribution in [0, 0.1) is 11.6 Å². The average molecular weight is 335 g/mol. The minimum atomic E-state index is -1.04. The standard InChI is InChI=1S/C17H15F2NO4/c1-23-13-4-2-3-11(7-13)9-20-16(21)10-24-17(22)14-6-5-12(18)8-15(14)19/h2-8H,9-10H2,1H3,(H,20,21). The lowest BCUT2D eigenvalue weighted by atomic mass is 10.2. The van der Waals surface area contributed by atoms with E-state index in [2.05, 4.69) is 5.32 Å². The number of carbonyl (C=O) groups is 2. The Morgan fingerprint density at radius 3 is 2.62 bits per heavy atom. The number of hydrogen-bond acceptors (Lipinski definition) is 4. The summed E-state index contributed by atoms with van der Waals surface area (Å²) in [6.07, 6.45) is 0. The van der Waals surface area contributed by atoms with E-state index < -0.39 is 35.7 Å². The minimum Gasteiger partial charge on any atom is -0.497 e. The van der Waals surface area contributed by atoms with E-state index in [-0.39, 0.29) is 6.54 Å². The summed E-state index contributed by atoms with van der Waals surface area (Å²) in [7, 11) is 1.53. The minimum absolute atomic E-state index is 0.221. The van der Waals surface area contributed by atoms with Crippen molar-refractivity contribution in [1.29, 1.82) is 0 Å². The van der Waals surface area contributed by atoms with E-state index in [1.807, 2.05) is 0 Å². The van der Waals surface area contributed by atoms with E-state index in [0.717, 1.165) is 17.7 Å². The van der Waals surface area contributed by atoms with Crippen molar-refractivity contribution in [2.75, 3.05) is 13.7 Å². The first-order chi connectivity index (χ1) is 11.5. The predicted octanol–water partition coefficient (Wildman–Crippen LogP) is 2.45. The van der Waals surface area contributed by atoms with Crippen LogP contribution in [-0.4, -0.2) is 25.6 Å². The Labute approximate surface area is 137 Å². The molecule has 5 nitrogen and oxygen atoms in total. The molecule has 0 bridgehead atoms. The van der Waals surface area contributed by atoms with Crippen LogP contribution in [0.2, 0.25) is 0 Å². The Kier molecular flexibility index (Phi) is 5.83. The molecule has 0 saturated carbocycles. The number of methoxy groups -OCH3 is 1. The SMILES string of the molecule is COc1cccc(CNC(=O)COC(=O)c2ccc(F)cc2F)c1. The quantitative estimate of drug-likeness (QED) is 0.824. The van der Waals surface area contributed by atoms with Crippen LogP contribution < -0.4 is 10.1 Å². The van der Waals surface area contributed by atoms with Crippen molar-refractivity contribution >= 4 is 11.9 Å². The van der Waals surface area contributed by atoms with Gasteiger partial charge in [0.25, 0.3) is 5.91 Å². The van der Waals surface area contributed by atoms with Gasteiger partial charge in [-0.05, 0) is 29.8 Å². The number of ether oxygens (including phenoxy) is 2. The fourth-order valence-corrected chi connectivity index (χ4v) is 1.90. The molecule has 0 aromatic heterocycles. The summed E-state index contributed by atoms with van der Waals surface area (Å²) in [6, 6.07) is 9.55. The summed E-state index contributed by atoms with van der Waals surface area (Å²) in [5.41, 5.74) is 0.371. The lowest BCUT2D eigenvalue weighted by Gasteiger charge is -2.08. The fraction of sp³-hybridized carbons (Fsp3) is 0.176. The van der Waals surface area contributed by atoms with Gasteiger partial charge in [-0.1, -0.05) is 12.1 Å². The van der Waals surface area contributed by atoms with E-state index in [9.17, 15) is 18.4 Å². The van der Waals surface area contributed by atoms with Crippen molar-refractivity contribution < 1.29 is 27.8 Å². The van der Waals surface area contributed by atoms with Gasteiger partial charge in [0.2, 0.25) is 0 Å². The molecule has 24 heavy (non-hydrogen) atoms. The molecule has 2 aromatic carbocycles. The van der Waals surface area contributed by atoms with E-state index in [1.165, 1.54) is 7.11 Å². The summed E-state index contributed by atoms with van der Waals surface area (Å²) in [6.45, 7) is -0.349. The highest BCUT2D eigenvalue weighted by Crippen LogP contribution is 2.12. The van der Waals surface area contributed by atoms with Gasteiger partial charge < -0.3 is 14.8 Å². The number of benzene rings is 2. The molecule has 126 valence electrons. The van der Waals surface area contributed by atoms with Crippen LogP contribution in [0.3, 0.4) is 0 Å². The van der Waals surface area contributed by atoms with Crippen LogP contribution in [0.5, 0.6) is 5.75 Å². The van der Waals surface area contributed by atoms with Gasteiger partial charge in [0.15, 0.2) is 6.61 Å². The van der Waals surface area contributed by atoms with Gasteiger partial charge in [-0.2, -0.15) is 0 Å². The summed E-state index contributed by atoms with van der Waals surface area (Å²) in [5.74, 6) is -2.78. The number of esters is 1. The molecule has 2 rings (SSSR count).